The maximum Gasteiger partial charge on any atom is 0.251 e. The summed E-state index contributed by atoms with van der Waals surface area (Å²) in [5.74, 6) is -2.07. The first-order valence-electron chi connectivity index (χ1n) is 8.17. The second kappa shape index (κ2) is 9.12. The molecule has 3 amide bonds. The molecule has 0 atom stereocenters. The number of amides is 3. The van der Waals surface area contributed by atoms with Crippen LogP contribution in [0.3, 0.4) is 0 Å². The van der Waals surface area contributed by atoms with Crippen LogP contribution >= 0.6 is 0 Å². The van der Waals surface area contributed by atoms with Gasteiger partial charge in [0.05, 0.1) is 11.1 Å². The second-order valence-electron chi connectivity index (χ2n) is 5.81. The van der Waals surface area contributed by atoms with Gasteiger partial charge < -0.3 is 22.1 Å². The SMILES string of the molecule is CCC(CC)(CN)C(=O)Nc1cc(C(=O)NCCC(N)=O)ccc1F. The number of nitrogens with one attached hydrogen (secondary N) is 2. The van der Waals surface area contributed by atoms with E-state index in [1.54, 1.807) is 0 Å². The van der Waals surface area contributed by atoms with Gasteiger partial charge in [-0.25, -0.2) is 4.39 Å². The van der Waals surface area contributed by atoms with Crippen LogP contribution in [-0.2, 0) is 9.59 Å². The van der Waals surface area contributed by atoms with Crippen LogP contribution < -0.4 is 22.1 Å². The lowest BCUT2D eigenvalue weighted by atomic mass is 9.81. The van der Waals surface area contributed by atoms with Gasteiger partial charge in [0.15, 0.2) is 0 Å². The van der Waals surface area contributed by atoms with Crippen molar-refractivity contribution in [3.63, 3.8) is 0 Å². The molecule has 7 nitrogen and oxygen atoms in total. The van der Waals surface area contributed by atoms with E-state index in [1.807, 2.05) is 13.8 Å². The van der Waals surface area contributed by atoms with Crippen molar-refractivity contribution < 1.29 is 18.8 Å². The molecule has 0 spiro atoms. The molecule has 8 heteroatoms. The Hall–Kier alpha value is -2.48. The molecule has 1 rings (SSSR count). The van der Waals surface area contributed by atoms with Gasteiger partial charge in [-0.2, -0.15) is 0 Å². The van der Waals surface area contributed by atoms with Gasteiger partial charge in [-0.05, 0) is 31.0 Å². The number of rotatable bonds is 9. The molecular formula is C17H25FN4O3. The van der Waals surface area contributed by atoms with Crippen LogP contribution in [0.25, 0.3) is 0 Å². The van der Waals surface area contributed by atoms with Crippen LogP contribution in [0, 0.1) is 11.2 Å². The van der Waals surface area contributed by atoms with Gasteiger partial charge in [-0.1, -0.05) is 13.8 Å². The van der Waals surface area contributed by atoms with Crippen LogP contribution in [0.1, 0.15) is 43.5 Å². The van der Waals surface area contributed by atoms with E-state index in [2.05, 4.69) is 10.6 Å². The minimum absolute atomic E-state index is 0.00253. The Morgan fingerprint density at radius 1 is 1.20 bits per heavy atom. The normalized spacial score (nSPS) is 11.0. The Labute approximate surface area is 146 Å². The number of benzene rings is 1. The smallest absolute Gasteiger partial charge is 0.251 e. The maximum atomic E-state index is 14.0. The molecule has 0 unspecified atom stereocenters. The average Bonchev–Trinajstić information content (AvgIpc) is 2.58. The Balaban J connectivity index is 2.92. The highest BCUT2D eigenvalue weighted by atomic mass is 19.1. The van der Waals surface area contributed by atoms with Gasteiger partial charge in [0.2, 0.25) is 11.8 Å². The summed E-state index contributed by atoms with van der Waals surface area (Å²) in [6, 6.07) is 3.64. The highest BCUT2D eigenvalue weighted by Crippen LogP contribution is 2.28. The van der Waals surface area contributed by atoms with E-state index >= 15 is 0 Å². The summed E-state index contributed by atoms with van der Waals surface area (Å²) >= 11 is 0. The summed E-state index contributed by atoms with van der Waals surface area (Å²) in [6.07, 6.45) is 1.03. The molecule has 0 aliphatic rings. The lowest BCUT2D eigenvalue weighted by Gasteiger charge is -2.28. The van der Waals surface area contributed by atoms with Crippen molar-refractivity contribution in [2.75, 3.05) is 18.4 Å². The van der Waals surface area contributed by atoms with E-state index in [4.69, 9.17) is 11.5 Å². The summed E-state index contributed by atoms with van der Waals surface area (Å²) in [4.78, 5) is 35.2. The zero-order valence-electron chi connectivity index (χ0n) is 14.5. The summed E-state index contributed by atoms with van der Waals surface area (Å²) in [5.41, 5.74) is 10.0. The molecule has 0 aliphatic carbocycles. The quantitative estimate of drug-likeness (QED) is 0.531. The van der Waals surface area contributed by atoms with Crippen molar-refractivity contribution in [2.45, 2.75) is 33.1 Å². The van der Waals surface area contributed by atoms with Crippen LogP contribution in [-0.4, -0.2) is 30.8 Å². The van der Waals surface area contributed by atoms with E-state index in [0.29, 0.717) is 12.8 Å². The summed E-state index contributed by atoms with van der Waals surface area (Å²) in [5, 5.41) is 5.02. The molecule has 0 radical (unpaired) electrons. The van der Waals surface area contributed by atoms with Crippen LogP contribution in [0.15, 0.2) is 18.2 Å². The third-order valence-corrected chi connectivity index (χ3v) is 4.36. The lowest BCUT2D eigenvalue weighted by molar-refractivity contribution is -0.125. The number of halogens is 1. The fourth-order valence-electron chi connectivity index (χ4n) is 2.37. The summed E-state index contributed by atoms with van der Waals surface area (Å²) in [7, 11) is 0. The number of nitrogens with two attached hydrogens (primary N) is 2. The van der Waals surface area contributed by atoms with Crippen LogP contribution in [0.4, 0.5) is 10.1 Å². The Morgan fingerprint density at radius 3 is 2.36 bits per heavy atom. The second-order valence-corrected chi connectivity index (χ2v) is 5.81. The molecule has 0 aliphatic heterocycles. The van der Waals surface area contributed by atoms with E-state index < -0.39 is 23.0 Å². The molecule has 1 aromatic rings. The zero-order chi connectivity index (χ0) is 19.0. The molecule has 0 saturated heterocycles. The molecule has 0 fully saturated rings. The van der Waals surface area contributed by atoms with Crippen LogP contribution in [0.2, 0.25) is 0 Å². The van der Waals surface area contributed by atoms with E-state index in [9.17, 15) is 18.8 Å². The third-order valence-electron chi connectivity index (χ3n) is 4.36. The molecule has 1 aromatic carbocycles. The minimum Gasteiger partial charge on any atom is -0.370 e. The third kappa shape index (κ3) is 5.25. The Kier molecular flexibility index (Phi) is 7.50. The molecule has 6 N–H and O–H groups in total. The lowest BCUT2D eigenvalue weighted by Crippen LogP contribution is -2.41. The average molecular weight is 352 g/mol. The number of hydrogen-bond donors (Lipinski definition) is 4. The number of carbonyl (C=O) groups is 3. The Bertz CT molecular complexity index is 637. The summed E-state index contributed by atoms with van der Waals surface area (Å²) < 4.78 is 14.0. The first kappa shape index (κ1) is 20.6. The standard InChI is InChI=1S/C17H25FN4O3/c1-3-17(4-2,10-19)16(25)22-13-9-11(5-6-12(13)18)15(24)21-8-7-14(20)23/h5-6,9H,3-4,7-8,10,19H2,1-2H3,(H2,20,23)(H,21,24)(H,22,25). The molecule has 25 heavy (non-hydrogen) atoms. The van der Waals surface area contributed by atoms with E-state index in [-0.39, 0.29) is 36.7 Å². The number of anilines is 1. The van der Waals surface area contributed by atoms with Crippen molar-refractivity contribution in [3.05, 3.63) is 29.6 Å². The van der Waals surface area contributed by atoms with Crippen molar-refractivity contribution in [2.24, 2.45) is 16.9 Å². The first-order chi connectivity index (χ1) is 11.8. The first-order valence-corrected chi connectivity index (χ1v) is 8.17. The number of carbonyl (C=O) groups excluding carboxylic acids is 3. The number of hydrogen-bond acceptors (Lipinski definition) is 4. The van der Waals surface area contributed by atoms with Crippen molar-refractivity contribution in [1.29, 1.82) is 0 Å². The van der Waals surface area contributed by atoms with Gasteiger partial charge >= 0.3 is 0 Å². The molecular weight excluding hydrogens is 327 g/mol. The molecule has 0 bridgehead atoms. The van der Waals surface area contributed by atoms with Crippen molar-refractivity contribution in [3.8, 4) is 0 Å². The molecule has 0 aromatic heterocycles. The van der Waals surface area contributed by atoms with Gasteiger partial charge in [-0.3, -0.25) is 14.4 Å². The van der Waals surface area contributed by atoms with E-state index in [0.717, 1.165) is 6.07 Å². The molecule has 0 heterocycles. The van der Waals surface area contributed by atoms with Crippen LogP contribution in [0.5, 0.6) is 0 Å². The predicted molar refractivity (Wildman–Crippen MR) is 93.2 cm³/mol. The fourth-order valence-corrected chi connectivity index (χ4v) is 2.37. The van der Waals surface area contributed by atoms with Crippen molar-refractivity contribution in [1.82, 2.24) is 5.32 Å². The fraction of sp³-hybridized carbons (Fsp3) is 0.471. The Morgan fingerprint density at radius 2 is 1.84 bits per heavy atom. The van der Waals surface area contributed by atoms with E-state index in [1.165, 1.54) is 12.1 Å². The van der Waals surface area contributed by atoms with Gasteiger partial charge in [0.25, 0.3) is 5.91 Å². The minimum atomic E-state index is -0.786. The highest BCUT2D eigenvalue weighted by molar-refractivity contribution is 5.99. The van der Waals surface area contributed by atoms with Gasteiger partial charge in [0, 0.05) is 25.1 Å². The predicted octanol–water partition coefficient (Wildman–Crippen LogP) is 1.13. The van der Waals surface area contributed by atoms with Gasteiger partial charge in [0.1, 0.15) is 5.82 Å². The largest absolute Gasteiger partial charge is 0.370 e. The summed E-state index contributed by atoms with van der Waals surface area (Å²) in [6.45, 7) is 3.90. The highest BCUT2D eigenvalue weighted by Gasteiger charge is 2.33. The maximum absolute atomic E-state index is 14.0. The number of primary amides is 1. The monoisotopic (exact) mass is 352 g/mol. The van der Waals surface area contributed by atoms with Gasteiger partial charge in [-0.15, -0.1) is 0 Å². The zero-order valence-corrected chi connectivity index (χ0v) is 14.5. The molecule has 138 valence electrons. The topological polar surface area (TPSA) is 127 Å². The van der Waals surface area contributed by atoms with Crippen molar-refractivity contribution >= 4 is 23.4 Å². The molecule has 0 saturated carbocycles.